The number of hydrogen-bond acceptors (Lipinski definition) is 8. The zero-order valence-corrected chi connectivity index (χ0v) is 12.7. The molecule has 1 aliphatic rings. The molecule has 2 aromatic heterocycles. The molecule has 0 radical (unpaired) electrons. The number of aromatic nitrogens is 4. The summed E-state index contributed by atoms with van der Waals surface area (Å²) in [6, 6.07) is 0. The van der Waals surface area contributed by atoms with Gasteiger partial charge in [0.25, 0.3) is 0 Å². The van der Waals surface area contributed by atoms with Crippen LogP contribution in [0.15, 0.2) is 12.7 Å². The van der Waals surface area contributed by atoms with Gasteiger partial charge in [-0.2, -0.15) is 0 Å². The lowest BCUT2D eigenvalue weighted by Gasteiger charge is -2.16. The fraction of sp³-hybridized carbons (Fsp3) is 0.545. The van der Waals surface area contributed by atoms with E-state index in [1.54, 1.807) is 10.9 Å². The third kappa shape index (κ3) is 2.96. The highest BCUT2D eigenvalue weighted by Gasteiger charge is 2.30. The second-order valence-corrected chi connectivity index (χ2v) is 6.38. The summed E-state index contributed by atoms with van der Waals surface area (Å²) < 4.78 is 28.0. The Morgan fingerprint density at radius 1 is 1.50 bits per heavy atom. The minimum absolute atomic E-state index is 0.0259. The summed E-state index contributed by atoms with van der Waals surface area (Å²) in [4.78, 5) is 21.4. The molecule has 2 unspecified atom stereocenters. The van der Waals surface area contributed by atoms with E-state index in [0.717, 1.165) is 7.11 Å². The van der Waals surface area contributed by atoms with Gasteiger partial charge in [-0.15, -0.1) is 0 Å². The van der Waals surface area contributed by atoms with Crippen molar-refractivity contribution < 1.29 is 23.2 Å². The highest BCUT2D eigenvalue weighted by Crippen LogP contribution is 2.43. The van der Waals surface area contributed by atoms with Crippen LogP contribution in [0, 0.1) is 0 Å². The van der Waals surface area contributed by atoms with E-state index < -0.39 is 7.82 Å². The van der Waals surface area contributed by atoms with Crippen LogP contribution >= 0.6 is 7.82 Å². The Balaban J connectivity index is 1.69. The molecule has 0 aliphatic carbocycles. The van der Waals surface area contributed by atoms with Crippen LogP contribution in [0.3, 0.4) is 0 Å². The number of ether oxygens (including phenoxy) is 1. The average Bonchev–Trinajstić information content (AvgIpc) is 3.12. The van der Waals surface area contributed by atoms with Gasteiger partial charge >= 0.3 is 7.82 Å². The zero-order chi connectivity index (χ0) is 15.7. The van der Waals surface area contributed by atoms with Gasteiger partial charge in [-0.05, 0) is 12.8 Å². The summed E-state index contributed by atoms with van der Waals surface area (Å²) in [7, 11) is -2.88. The molecule has 1 saturated heterocycles. The van der Waals surface area contributed by atoms with Gasteiger partial charge < -0.3 is 15.4 Å². The van der Waals surface area contributed by atoms with E-state index in [4.69, 9.17) is 15.0 Å². The standard InChI is InChI=1S/C11H16N5O5P/c1-19-22(17,18)20-4-7-2-3-8(21-7)16-6-15-9-10(12)13-5-14-11(9)16/h5-8H,2-4H2,1H3,(H,17,18)(H2,12,13,14)/t7?,8-/m1/s1. The Bertz CT molecular complexity index is 722. The summed E-state index contributed by atoms with van der Waals surface area (Å²) in [5, 5.41) is 0. The number of nitrogens with zero attached hydrogens (tertiary/aromatic N) is 4. The molecule has 0 amide bonds. The van der Waals surface area contributed by atoms with Crippen molar-refractivity contribution in [1.29, 1.82) is 0 Å². The molecule has 0 bridgehead atoms. The molecule has 10 nitrogen and oxygen atoms in total. The van der Waals surface area contributed by atoms with E-state index >= 15 is 0 Å². The minimum Gasteiger partial charge on any atom is -0.382 e. The number of hydrogen-bond donors (Lipinski definition) is 2. The maximum atomic E-state index is 11.3. The third-order valence-electron chi connectivity index (χ3n) is 3.44. The summed E-state index contributed by atoms with van der Waals surface area (Å²) in [5.74, 6) is 0.308. The number of imidazole rings is 1. The van der Waals surface area contributed by atoms with Crippen LogP contribution < -0.4 is 5.73 Å². The first-order valence-corrected chi connectivity index (χ1v) is 8.11. The fourth-order valence-corrected chi connectivity index (χ4v) is 2.78. The monoisotopic (exact) mass is 329 g/mol. The molecule has 3 rings (SSSR count). The van der Waals surface area contributed by atoms with Crippen LogP contribution in [-0.2, 0) is 18.3 Å². The van der Waals surface area contributed by atoms with E-state index in [-0.39, 0.29) is 18.9 Å². The minimum atomic E-state index is -3.99. The Hall–Kier alpha value is -1.58. The van der Waals surface area contributed by atoms with Crippen LogP contribution in [0.1, 0.15) is 19.1 Å². The molecular weight excluding hydrogens is 313 g/mol. The lowest BCUT2D eigenvalue weighted by Crippen LogP contribution is -2.16. The van der Waals surface area contributed by atoms with Crippen molar-refractivity contribution in [2.24, 2.45) is 0 Å². The SMILES string of the molecule is COP(=O)(O)OCC1CC[C@H](n2cnc3c(N)ncnc32)O1. The van der Waals surface area contributed by atoms with Crippen LogP contribution in [0.4, 0.5) is 5.82 Å². The number of nitrogen functional groups attached to an aromatic ring is 1. The fourth-order valence-electron chi connectivity index (χ4n) is 2.32. The van der Waals surface area contributed by atoms with Crippen LogP contribution in [-0.4, -0.2) is 44.2 Å². The molecular formula is C11H16N5O5P. The lowest BCUT2D eigenvalue weighted by atomic mass is 10.2. The Labute approximate surface area is 125 Å². The number of nitrogens with two attached hydrogens (primary N) is 1. The summed E-state index contributed by atoms with van der Waals surface area (Å²) >= 11 is 0. The maximum absolute atomic E-state index is 11.3. The van der Waals surface area contributed by atoms with Gasteiger partial charge in [0.2, 0.25) is 0 Å². The molecule has 0 aromatic carbocycles. The summed E-state index contributed by atoms with van der Waals surface area (Å²) in [6.45, 7) is -0.0259. The number of rotatable bonds is 5. The molecule has 11 heteroatoms. The van der Waals surface area contributed by atoms with Crippen molar-refractivity contribution in [3.63, 3.8) is 0 Å². The average molecular weight is 329 g/mol. The van der Waals surface area contributed by atoms with Crippen LogP contribution in [0.2, 0.25) is 0 Å². The summed E-state index contributed by atoms with van der Waals surface area (Å²) in [5.41, 5.74) is 6.85. The molecule has 0 saturated carbocycles. The Morgan fingerprint density at radius 3 is 3.09 bits per heavy atom. The molecule has 3 atom stereocenters. The van der Waals surface area contributed by atoms with E-state index in [9.17, 15) is 9.46 Å². The highest BCUT2D eigenvalue weighted by molar-refractivity contribution is 7.47. The molecule has 3 N–H and O–H groups in total. The molecule has 1 fully saturated rings. The number of phosphoric ester groups is 1. The van der Waals surface area contributed by atoms with E-state index in [2.05, 4.69) is 19.5 Å². The van der Waals surface area contributed by atoms with Gasteiger partial charge in [0.1, 0.15) is 18.1 Å². The molecule has 3 heterocycles. The second-order valence-electron chi connectivity index (χ2n) is 4.82. The molecule has 1 aliphatic heterocycles. The topological polar surface area (TPSA) is 135 Å². The van der Waals surface area contributed by atoms with Gasteiger partial charge in [0, 0.05) is 7.11 Å². The number of phosphoric acid groups is 1. The predicted octanol–water partition coefficient (Wildman–Crippen LogP) is 0.849. The molecule has 2 aromatic rings. The van der Waals surface area contributed by atoms with Crippen molar-refractivity contribution >= 4 is 24.8 Å². The van der Waals surface area contributed by atoms with Crippen molar-refractivity contribution in [3.8, 4) is 0 Å². The van der Waals surface area contributed by atoms with Crippen molar-refractivity contribution in [2.75, 3.05) is 19.5 Å². The lowest BCUT2D eigenvalue weighted by molar-refractivity contribution is -0.0213. The molecule has 120 valence electrons. The largest absolute Gasteiger partial charge is 0.472 e. The third-order valence-corrected chi connectivity index (χ3v) is 4.37. The van der Waals surface area contributed by atoms with Crippen molar-refractivity contribution in [2.45, 2.75) is 25.2 Å². The zero-order valence-electron chi connectivity index (χ0n) is 11.8. The predicted molar refractivity (Wildman–Crippen MR) is 75.7 cm³/mol. The van der Waals surface area contributed by atoms with Crippen LogP contribution in [0.25, 0.3) is 11.2 Å². The number of anilines is 1. The Morgan fingerprint density at radius 2 is 2.32 bits per heavy atom. The smallest absolute Gasteiger partial charge is 0.382 e. The van der Waals surface area contributed by atoms with Crippen molar-refractivity contribution in [1.82, 2.24) is 19.5 Å². The quantitative estimate of drug-likeness (QED) is 0.765. The highest BCUT2D eigenvalue weighted by atomic mass is 31.2. The first-order valence-electron chi connectivity index (χ1n) is 6.61. The van der Waals surface area contributed by atoms with E-state index in [1.807, 2.05) is 0 Å². The number of fused-ring (bicyclic) bond motifs is 1. The van der Waals surface area contributed by atoms with E-state index in [1.165, 1.54) is 6.33 Å². The van der Waals surface area contributed by atoms with Crippen LogP contribution in [0.5, 0.6) is 0 Å². The first kappa shape index (κ1) is 15.3. The van der Waals surface area contributed by atoms with Gasteiger partial charge in [0.15, 0.2) is 11.5 Å². The van der Waals surface area contributed by atoms with Gasteiger partial charge in [-0.25, -0.2) is 19.5 Å². The molecule has 22 heavy (non-hydrogen) atoms. The van der Waals surface area contributed by atoms with Gasteiger partial charge in [-0.3, -0.25) is 13.6 Å². The van der Waals surface area contributed by atoms with Gasteiger partial charge in [0.05, 0.1) is 19.0 Å². The normalized spacial score (nSPS) is 24.6. The molecule has 0 spiro atoms. The second kappa shape index (κ2) is 5.90. The maximum Gasteiger partial charge on any atom is 0.472 e. The summed E-state index contributed by atoms with van der Waals surface area (Å²) in [6.07, 6.45) is 3.74. The van der Waals surface area contributed by atoms with Gasteiger partial charge in [-0.1, -0.05) is 0 Å². The van der Waals surface area contributed by atoms with E-state index in [0.29, 0.717) is 29.8 Å². The first-order chi connectivity index (χ1) is 10.5. The Kier molecular flexibility index (Phi) is 4.11. The van der Waals surface area contributed by atoms with Crippen molar-refractivity contribution in [3.05, 3.63) is 12.7 Å².